The van der Waals surface area contributed by atoms with Gasteiger partial charge in [0.2, 0.25) is 5.91 Å². The molecule has 1 aromatic rings. The fourth-order valence-corrected chi connectivity index (χ4v) is 2.24. The lowest BCUT2D eigenvalue weighted by Gasteiger charge is -2.20. The molecule has 5 heteroatoms. The van der Waals surface area contributed by atoms with Crippen molar-refractivity contribution in [1.29, 1.82) is 5.26 Å². The van der Waals surface area contributed by atoms with Gasteiger partial charge in [0.15, 0.2) is 0 Å². The predicted octanol–water partition coefficient (Wildman–Crippen LogP) is 2.63. The number of halogens is 1. The molecule has 4 nitrogen and oxygen atoms in total. The number of hydrogen-bond donors (Lipinski definition) is 1. The Labute approximate surface area is 118 Å². The molecule has 0 bridgehead atoms. The third-order valence-corrected chi connectivity index (χ3v) is 3.49. The van der Waals surface area contributed by atoms with Gasteiger partial charge in [-0.2, -0.15) is 5.26 Å². The Morgan fingerprint density at radius 2 is 2.32 bits per heavy atom. The molecule has 0 aliphatic heterocycles. The van der Waals surface area contributed by atoms with Gasteiger partial charge in [0, 0.05) is 18.3 Å². The summed E-state index contributed by atoms with van der Waals surface area (Å²) in [6, 6.07) is 7.51. The molecule has 0 atom stereocenters. The minimum Gasteiger partial charge on any atom is -0.376 e. The van der Waals surface area contributed by atoms with E-state index in [-0.39, 0.29) is 12.5 Å². The quantitative estimate of drug-likeness (QED) is 0.900. The number of likely N-dealkylation sites (N-methyl/N-ethyl adjacent to an activating group) is 1. The third kappa shape index (κ3) is 3.39. The topological polar surface area (TPSA) is 56.1 Å². The molecule has 2 rings (SSSR count). The number of hydrogen-bond acceptors (Lipinski definition) is 3. The Hall–Kier alpha value is -1.73. The van der Waals surface area contributed by atoms with Crippen LogP contribution in [0.1, 0.15) is 25.3 Å². The first-order chi connectivity index (χ1) is 9.15. The normalized spacial score (nSPS) is 13.7. The van der Waals surface area contributed by atoms with Crippen molar-refractivity contribution in [3.05, 3.63) is 28.8 Å². The molecule has 0 unspecified atom stereocenters. The summed E-state index contributed by atoms with van der Waals surface area (Å²) in [6.45, 7) is 3.00. The van der Waals surface area contributed by atoms with Crippen LogP contribution in [0.3, 0.4) is 0 Å². The lowest BCUT2D eigenvalue weighted by atomic mass is 10.2. The number of carbonyl (C=O) groups is 1. The summed E-state index contributed by atoms with van der Waals surface area (Å²) in [5, 5.41) is 12.2. The summed E-state index contributed by atoms with van der Waals surface area (Å²) in [5.74, 6) is 0.102. The van der Waals surface area contributed by atoms with Gasteiger partial charge < -0.3 is 10.2 Å². The van der Waals surface area contributed by atoms with Gasteiger partial charge in [0.1, 0.15) is 6.07 Å². The molecular weight excluding hydrogens is 262 g/mol. The van der Waals surface area contributed by atoms with Gasteiger partial charge in [-0.05, 0) is 38.0 Å². The number of rotatable bonds is 5. The van der Waals surface area contributed by atoms with Crippen LogP contribution in [0.2, 0.25) is 5.02 Å². The van der Waals surface area contributed by atoms with E-state index in [0.29, 0.717) is 16.6 Å². The zero-order chi connectivity index (χ0) is 13.8. The van der Waals surface area contributed by atoms with Gasteiger partial charge in [-0.3, -0.25) is 4.79 Å². The van der Waals surface area contributed by atoms with Crippen molar-refractivity contribution in [1.82, 2.24) is 4.90 Å². The molecule has 0 spiro atoms. The van der Waals surface area contributed by atoms with Gasteiger partial charge >= 0.3 is 0 Å². The standard InChI is InChI=1S/C14H16ClN3O/c1-2-18(12-5-6-12)14(19)9-17-11-4-3-10(8-16)13(15)7-11/h3-4,7,12,17H,2,5-6,9H2,1H3. The first-order valence-electron chi connectivity index (χ1n) is 6.38. The molecule has 0 aromatic heterocycles. The summed E-state index contributed by atoms with van der Waals surface area (Å²) in [4.78, 5) is 13.9. The van der Waals surface area contributed by atoms with Gasteiger partial charge in [-0.25, -0.2) is 0 Å². The van der Waals surface area contributed by atoms with Gasteiger partial charge in [-0.15, -0.1) is 0 Å². The van der Waals surface area contributed by atoms with Crippen molar-refractivity contribution in [2.75, 3.05) is 18.4 Å². The third-order valence-electron chi connectivity index (χ3n) is 3.18. The number of nitriles is 1. The smallest absolute Gasteiger partial charge is 0.242 e. The highest BCUT2D eigenvalue weighted by Gasteiger charge is 2.30. The Bertz CT molecular complexity index is 520. The Balaban J connectivity index is 1.93. The van der Waals surface area contributed by atoms with E-state index >= 15 is 0 Å². The van der Waals surface area contributed by atoms with E-state index in [0.717, 1.165) is 25.1 Å². The second-order valence-corrected chi connectivity index (χ2v) is 4.98. The maximum atomic E-state index is 12.0. The van der Waals surface area contributed by atoms with E-state index in [9.17, 15) is 4.79 Å². The summed E-state index contributed by atoms with van der Waals surface area (Å²) in [7, 11) is 0. The molecule has 1 saturated carbocycles. The van der Waals surface area contributed by atoms with Crippen LogP contribution in [0.4, 0.5) is 5.69 Å². The number of carbonyl (C=O) groups excluding carboxylic acids is 1. The fourth-order valence-electron chi connectivity index (χ4n) is 2.02. The molecule has 1 aliphatic carbocycles. The summed E-state index contributed by atoms with van der Waals surface area (Å²) < 4.78 is 0. The molecule has 1 aromatic carbocycles. The van der Waals surface area contributed by atoms with E-state index in [4.69, 9.17) is 16.9 Å². The monoisotopic (exact) mass is 277 g/mol. The molecular formula is C14H16ClN3O. The van der Waals surface area contributed by atoms with Crippen LogP contribution < -0.4 is 5.32 Å². The van der Waals surface area contributed by atoms with E-state index in [1.54, 1.807) is 18.2 Å². The van der Waals surface area contributed by atoms with E-state index < -0.39 is 0 Å². The molecule has 1 fully saturated rings. The highest BCUT2D eigenvalue weighted by atomic mass is 35.5. The van der Waals surface area contributed by atoms with Crippen LogP contribution >= 0.6 is 11.6 Å². The molecule has 100 valence electrons. The zero-order valence-corrected chi connectivity index (χ0v) is 11.6. The summed E-state index contributed by atoms with van der Waals surface area (Å²) in [5.41, 5.74) is 1.19. The van der Waals surface area contributed by atoms with Crippen molar-refractivity contribution in [3.63, 3.8) is 0 Å². The van der Waals surface area contributed by atoms with Crippen LogP contribution in [-0.2, 0) is 4.79 Å². The largest absolute Gasteiger partial charge is 0.376 e. The maximum Gasteiger partial charge on any atom is 0.242 e. The minimum absolute atomic E-state index is 0.102. The van der Waals surface area contributed by atoms with Crippen LogP contribution in [0.25, 0.3) is 0 Å². The molecule has 1 aliphatic rings. The van der Waals surface area contributed by atoms with Crippen molar-refractivity contribution in [2.24, 2.45) is 0 Å². The van der Waals surface area contributed by atoms with E-state index in [2.05, 4.69) is 5.32 Å². The lowest BCUT2D eigenvalue weighted by Crippen LogP contribution is -2.37. The van der Waals surface area contributed by atoms with Crippen molar-refractivity contribution < 1.29 is 4.79 Å². The highest BCUT2D eigenvalue weighted by Crippen LogP contribution is 2.26. The number of nitrogens with one attached hydrogen (secondary N) is 1. The molecule has 1 N–H and O–H groups in total. The summed E-state index contributed by atoms with van der Waals surface area (Å²) >= 11 is 5.94. The SMILES string of the molecule is CCN(C(=O)CNc1ccc(C#N)c(Cl)c1)C1CC1. The highest BCUT2D eigenvalue weighted by molar-refractivity contribution is 6.32. The van der Waals surface area contributed by atoms with Gasteiger partial charge in [-0.1, -0.05) is 11.6 Å². The van der Waals surface area contributed by atoms with Crippen LogP contribution in [0.5, 0.6) is 0 Å². The average molecular weight is 278 g/mol. The van der Waals surface area contributed by atoms with Crippen LogP contribution in [0.15, 0.2) is 18.2 Å². The second-order valence-electron chi connectivity index (χ2n) is 4.57. The Kier molecular flexibility index (Phi) is 4.28. The number of nitrogens with zero attached hydrogens (tertiary/aromatic N) is 2. The van der Waals surface area contributed by atoms with E-state index in [1.165, 1.54) is 0 Å². The Morgan fingerprint density at radius 1 is 1.58 bits per heavy atom. The summed E-state index contributed by atoms with van der Waals surface area (Å²) in [6.07, 6.45) is 2.23. The molecule has 0 radical (unpaired) electrons. The van der Waals surface area contributed by atoms with Crippen molar-refractivity contribution >= 4 is 23.2 Å². The lowest BCUT2D eigenvalue weighted by molar-refractivity contribution is -0.129. The minimum atomic E-state index is 0.102. The predicted molar refractivity (Wildman–Crippen MR) is 75.1 cm³/mol. The average Bonchev–Trinajstić information content (AvgIpc) is 3.22. The van der Waals surface area contributed by atoms with Crippen LogP contribution in [0, 0.1) is 11.3 Å². The van der Waals surface area contributed by atoms with Gasteiger partial charge in [0.05, 0.1) is 17.1 Å². The van der Waals surface area contributed by atoms with Crippen molar-refractivity contribution in [3.8, 4) is 6.07 Å². The van der Waals surface area contributed by atoms with Crippen molar-refractivity contribution in [2.45, 2.75) is 25.8 Å². The first-order valence-corrected chi connectivity index (χ1v) is 6.76. The van der Waals surface area contributed by atoms with E-state index in [1.807, 2.05) is 17.9 Å². The second kappa shape index (κ2) is 5.94. The first kappa shape index (κ1) is 13.7. The zero-order valence-electron chi connectivity index (χ0n) is 10.8. The number of benzene rings is 1. The van der Waals surface area contributed by atoms with Crippen LogP contribution in [-0.4, -0.2) is 29.9 Å². The molecule has 0 heterocycles. The van der Waals surface area contributed by atoms with Gasteiger partial charge in [0.25, 0.3) is 0 Å². The number of amides is 1. The molecule has 1 amide bonds. The fraction of sp³-hybridized carbons (Fsp3) is 0.429. The molecule has 19 heavy (non-hydrogen) atoms. The maximum absolute atomic E-state index is 12.0. The Morgan fingerprint density at radius 3 is 2.84 bits per heavy atom. The molecule has 0 saturated heterocycles. The number of anilines is 1.